The molecule has 1 amide bonds. The van der Waals surface area contributed by atoms with Gasteiger partial charge in [-0.05, 0) is 24.8 Å². The van der Waals surface area contributed by atoms with Gasteiger partial charge in [0, 0.05) is 32.1 Å². The number of halogens is 1. The molecular weight excluding hydrogens is 240 g/mol. The summed E-state index contributed by atoms with van der Waals surface area (Å²) in [5.41, 5.74) is 0.486. The van der Waals surface area contributed by atoms with Gasteiger partial charge >= 0.3 is 0 Å². The van der Waals surface area contributed by atoms with E-state index in [0.29, 0.717) is 17.1 Å². The molecule has 1 aliphatic heterocycles. The van der Waals surface area contributed by atoms with E-state index in [1.165, 1.54) is 6.20 Å². The predicted octanol–water partition coefficient (Wildman–Crippen LogP) is 1.58. The van der Waals surface area contributed by atoms with Crippen LogP contribution in [-0.2, 0) is 0 Å². The zero-order valence-electron chi connectivity index (χ0n) is 9.47. The van der Waals surface area contributed by atoms with Gasteiger partial charge in [0.1, 0.15) is 0 Å². The van der Waals surface area contributed by atoms with Crippen LogP contribution >= 0.6 is 11.6 Å². The van der Waals surface area contributed by atoms with Crippen LogP contribution in [0.5, 0.6) is 0 Å². The van der Waals surface area contributed by atoms with Gasteiger partial charge in [-0.25, -0.2) is 0 Å². The summed E-state index contributed by atoms with van der Waals surface area (Å²) >= 11 is 5.95. The number of aliphatic hydroxyl groups is 1. The van der Waals surface area contributed by atoms with Crippen molar-refractivity contribution in [1.29, 1.82) is 0 Å². The summed E-state index contributed by atoms with van der Waals surface area (Å²) < 4.78 is 0. The SMILES string of the molecule is O=C(c1ccncc1Cl)N1CCCC(CO)C1. The predicted molar refractivity (Wildman–Crippen MR) is 65.0 cm³/mol. The van der Waals surface area contributed by atoms with Gasteiger partial charge in [-0.15, -0.1) is 0 Å². The topological polar surface area (TPSA) is 53.4 Å². The van der Waals surface area contributed by atoms with Gasteiger partial charge in [0.15, 0.2) is 0 Å². The van der Waals surface area contributed by atoms with Crippen molar-refractivity contribution in [2.24, 2.45) is 5.92 Å². The normalized spacial score (nSPS) is 20.4. The molecule has 92 valence electrons. The Bertz CT molecular complexity index is 411. The lowest BCUT2D eigenvalue weighted by atomic mass is 9.98. The Morgan fingerprint density at radius 3 is 3.18 bits per heavy atom. The highest BCUT2D eigenvalue weighted by atomic mass is 35.5. The third kappa shape index (κ3) is 2.76. The molecule has 2 rings (SSSR count). The van der Waals surface area contributed by atoms with Crippen LogP contribution in [0.3, 0.4) is 0 Å². The van der Waals surface area contributed by atoms with Gasteiger partial charge in [0.05, 0.1) is 10.6 Å². The van der Waals surface area contributed by atoms with E-state index in [1.54, 1.807) is 17.2 Å². The van der Waals surface area contributed by atoms with Crippen LogP contribution in [-0.4, -0.2) is 40.6 Å². The van der Waals surface area contributed by atoms with Gasteiger partial charge in [-0.1, -0.05) is 11.6 Å². The lowest BCUT2D eigenvalue weighted by Crippen LogP contribution is -2.41. The van der Waals surface area contributed by atoms with E-state index >= 15 is 0 Å². The van der Waals surface area contributed by atoms with Crippen molar-refractivity contribution in [3.8, 4) is 0 Å². The Labute approximate surface area is 105 Å². The molecule has 1 aliphatic rings. The first-order chi connectivity index (χ1) is 8.22. The molecule has 1 saturated heterocycles. The van der Waals surface area contributed by atoms with Crippen molar-refractivity contribution in [3.63, 3.8) is 0 Å². The second-order valence-corrected chi connectivity index (χ2v) is 4.70. The molecule has 1 unspecified atom stereocenters. The van der Waals surface area contributed by atoms with Crippen molar-refractivity contribution in [3.05, 3.63) is 29.0 Å². The zero-order chi connectivity index (χ0) is 12.3. The number of carbonyl (C=O) groups excluding carboxylic acids is 1. The number of pyridine rings is 1. The Kier molecular flexibility index (Phi) is 3.97. The first-order valence-corrected chi connectivity index (χ1v) is 6.10. The number of rotatable bonds is 2. The zero-order valence-corrected chi connectivity index (χ0v) is 10.2. The highest BCUT2D eigenvalue weighted by Gasteiger charge is 2.25. The van der Waals surface area contributed by atoms with Crippen molar-refractivity contribution >= 4 is 17.5 Å². The first-order valence-electron chi connectivity index (χ1n) is 5.72. The number of nitrogens with zero attached hydrogens (tertiary/aromatic N) is 2. The van der Waals surface area contributed by atoms with E-state index in [0.717, 1.165) is 19.4 Å². The van der Waals surface area contributed by atoms with Crippen LogP contribution in [0.2, 0.25) is 5.02 Å². The lowest BCUT2D eigenvalue weighted by Gasteiger charge is -2.32. The van der Waals surface area contributed by atoms with Crippen LogP contribution in [0.1, 0.15) is 23.2 Å². The fourth-order valence-corrected chi connectivity index (χ4v) is 2.32. The number of aliphatic hydroxyl groups excluding tert-OH is 1. The van der Waals surface area contributed by atoms with E-state index in [4.69, 9.17) is 16.7 Å². The number of piperidine rings is 1. The van der Waals surface area contributed by atoms with E-state index in [9.17, 15) is 4.79 Å². The van der Waals surface area contributed by atoms with E-state index in [1.807, 2.05) is 0 Å². The maximum Gasteiger partial charge on any atom is 0.255 e. The molecule has 1 N–H and O–H groups in total. The summed E-state index contributed by atoms with van der Waals surface area (Å²) in [5, 5.41) is 9.52. The van der Waals surface area contributed by atoms with Crippen molar-refractivity contribution in [1.82, 2.24) is 9.88 Å². The molecule has 2 heterocycles. The molecule has 4 nitrogen and oxygen atoms in total. The van der Waals surface area contributed by atoms with Crippen LogP contribution in [0, 0.1) is 5.92 Å². The molecule has 17 heavy (non-hydrogen) atoms. The number of amides is 1. The average Bonchev–Trinajstić information content (AvgIpc) is 2.38. The first kappa shape index (κ1) is 12.3. The fraction of sp³-hybridized carbons (Fsp3) is 0.500. The van der Waals surface area contributed by atoms with Crippen LogP contribution in [0.4, 0.5) is 0 Å². The van der Waals surface area contributed by atoms with Gasteiger partial charge in [0.2, 0.25) is 0 Å². The van der Waals surface area contributed by atoms with Crippen LogP contribution < -0.4 is 0 Å². The Morgan fingerprint density at radius 2 is 2.47 bits per heavy atom. The maximum absolute atomic E-state index is 12.2. The highest BCUT2D eigenvalue weighted by molar-refractivity contribution is 6.33. The molecule has 5 heteroatoms. The third-order valence-electron chi connectivity index (χ3n) is 3.07. The second kappa shape index (κ2) is 5.47. The molecule has 0 spiro atoms. The van der Waals surface area contributed by atoms with Gasteiger partial charge in [0.25, 0.3) is 5.91 Å². The summed E-state index contributed by atoms with van der Waals surface area (Å²) in [4.78, 5) is 17.8. The summed E-state index contributed by atoms with van der Waals surface area (Å²) in [6.07, 6.45) is 4.94. The molecule has 0 bridgehead atoms. The molecule has 0 aromatic carbocycles. The molecule has 0 aliphatic carbocycles. The quantitative estimate of drug-likeness (QED) is 0.872. The maximum atomic E-state index is 12.2. The minimum absolute atomic E-state index is 0.0736. The third-order valence-corrected chi connectivity index (χ3v) is 3.37. The van der Waals surface area contributed by atoms with Crippen molar-refractivity contribution in [2.75, 3.05) is 19.7 Å². The molecule has 1 fully saturated rings. The number of hydrogen-bond donors (Lipinski definition) is 1. The van der Waals surface area contributed by atoms with E-state index in [2.05, 4.69) is 4.98 Å². The number of hydrogen-bond acceptors (Lipinski definition) is 3. The molecule has 1 aromatic heterocycles. The van der Waals surface area contributed by atoms with Crippen molar-refractivity contribution < 1.29 is 9.90 Å². The number of carbonyl (C=O) groups is 1. The number of aromatic nitrogens is 1. The molecule has 0 radical (unpaired) electrons. The van der Waals surface area contributed by atoms with Crippen LogP contribution in [0.25, 0.3) is 0 Å². The second-order valence-electron chi connectivity index (χ2n) is 4.30. The van der Waals surface area contributed by atoms with E-state index in [-0.39, 0.29) is 18.4 Å². The smallest absolute Gasteiger partial charge is 0.255 e. The molecule has 0 saturated carbocycles. The Hall–Kier alpha value is -1.13. The Balaban J connectivity index is 2.12. The fourth-order valence-electron chi connectivity index (χ4n) is 2.12. The minimum atomic E-state index is -0.0736. The standard InChI is InChI=1S/C12H15ClN2O2/c13-11-6-14-4-3-10(11)12(17)15-5-1-2-9(7-15)8-16/h3-4,6,9,16H,1-2,5,7-8H2. The number of likely N-dealkylation sites (tertiary alicyclic amines) is 1. The molecular formula is C12H15ClN2O2. The van der Waals surface area contributed by atoms with Gasteiger partial charge in [-0.2, -0.15) is 0 Å². The molecule has 1 aromatic rings. The summed E-state index contributed by atoms with van der Waals surface area (Å²) in [7, 11) is 0. The van der Waals surface area contributed by atoms with Gasteiger partial charge in [-0.3, -0.25) is 9.78 Å². The monoisotopic (exact) mass is 254 g/mol. The van der Waals surface area contributed by atoms with Crippen molar-refractivity contribution in [2.45, 2.75) is 12.8 Å². The Morgan fingerprint density at radius 1 is 1.65 bits per heavy atom. The van der Waals surface area contributed by atoms with Gasteiger partial charge < -0.3 is 10.0 Å². The van der Waals surface area contributed by atoms with E-state index < -0.39 is 0 Å². The minimum Gasteiger partial charge on any atom is -0.396 e. The summed E-state index contributed by atoms with van der Waals surface area (Å²) in [5.74, 6) is 0.115. The lowest BCUT2D eigenvalue weighted by molar-refractivity contribution is 0.0621. The molecule has 1 atom stereocenters. The summed E-state index contributed by atoms with van der Waals surface area (Å²) in [6.45, 7) is 1.47. The summed E-state index contributed by atoms with van der Waals surface area (Å²) in [6, 6.07) is 1.63. The largest absolute Gasteiger partial charge is 0.396 e. The highest BCUT2D eigenvalue weighted by Crippen LogP contribution is 2.21. The van der Waals surface area contributed by atoms with Crippen LogP contribution in [0.15, 0.2) is 18.5 Å². The average molecular weight is 255 g/mol.